The summed E-state index contributed by atoms with van der Waals surface area (Å²) in [4.78, 5) is 0. The molecule has 4 atom stereocenters. The highest BCUT2D eigenvalue weighted by molar-refractivity contribution is 5.85. The van der Waals surface area contributed by atoms with Gasteiger partial charge in [-0.05, 0) is 30.6 Å². The van der Waals surface area contributed by atoms with Crippen molar-refractivity contribution in [3.05, 3.63) is 0 Å². The van der Waals surface area contributed by atoms with E-state index in [4.69, 9.17) is 5.73 Å². The molecule has 0 bridgehead atoms. The maximum Gasteiger partial charge on any atom is 0.00905 e. The molecule has 0 amide bonds. The van der Waals surface area contributed by atoms with Gasteiger partial charge in [0.05, 0.1) is 0 Å². The van der Waals surface area contributed by atoms with Crippen molar-refractivity contribution in [1.29, 1.82) is 0 Å². The average molecular weight is 178 g/mol. The summed E-state index contributed by atoms with van der Waals surface area (Å²) < 4.78 is 0. The third kappa shape index (κ3) is 2.64. The summed E-state index contributed by atoms with van der Waals surface area (Å²) in [6, 6.07) is 0.455. The maximum absolute atomic E-state index is 5.98. The molecule has 1 saturated carbocycles. The van der Waals surface area contributed by atoms with Crippen molar-refractivity contribution < 1.29 is 0 Å². The third-order valence-electron chi connectivity index (χ3n) is 2.86. The molecule has 1 rings (SSSR count). The summed E-state index contributed by atoms with van der Waals surface area (Å²) in [5.41, 5.74) is 5.98. The van der Waals surface area contributed by atoms with Gasteiger partial charge in [-0.3, -0.25) is 0 Å². The normalized spacial score (nSPS) is 44.7. The Labute approximate surface area is 76.1 Å². The molecule has 68 valence electrons. The predicted molar refractivity (Wildman–Crippen MR) is 51.9 cm³/mol. The molecule has 0 aromatic rings. The highest BCUT2D eigenvalue weighted by Gasteiger charge is 2.27. The van der Waals surface area contributed by atoms with Crippen LogP contribution in [0.4, 0.5) is 0 Å². The summed E-state index contributed by atoms with van der Waals surface area (Å²) in [6.45, 7) is 6.88. The molecule has 2 heteroatoms. The molecule has 1 nitrogen and oxygen atoms in total. The molecular weight excluding hydrogens is 158 g/mol. The molecular formula is C9H20ClN. The molecule has 0 aromatic heterocycles. The lowest BCUT2D eigenvalue weighted by atomic mass is 9.74. The van der Waals surface area contributed by atoms with Gasteiger partial charge in [-0.25, -0.2) is 0 Å². The van der Waals surface area contributed by atoms with E-state index in [2.05, 4.69) is 20.8 Å². The van der Waals surface area contributed by atoms with Crippen molar-refractivity contribution in [3.63, 3.8) is 0 Å². The second-order valence-electron chi connectivity index (χ2n) is 4.11. The Kier molecular flexibility index (Phi) is 4.42. The Morgan fingerprint density at radius 2 is 1.36 bits per heavy atom. The Morgan fingerprint density at radius 1 is 1.00 bits per heavy atom. The lowest BCUT2D eigenvalue weighted by Crippen LogP contribution is -2.40. The zero-order valence-corrected chi connectivity index (χ0v) is 8.53. The van der Waals surface area contributed by atoms with E-state index >= 15 is 0 Å². The first kappa shape index (κ1) is 11.2. The Balaban J connectivity index is 0.000001000. The zero-order chi connectivity index (χ0) is 7.72. The molecule has 1 aliphatic carbocycles. The van der Waals surface area contributed by atoms with Gasteiger partial charge in [-0.15, -0.1) is 12.4 Å². The highest BCUT2D eigenvalue weighted by atomic mass is 35.5. The van der Waals surface area contributed by atoms with Crippen LogP contribution >= 0.6 is 12.4 Å². The van der Waals surface area contributed by atoms with Crippen LogP contribution in [0.15, 0.2) is 0 Å². The van der Waals surface area contributed by atoms with E-state index in [0.29, 0.717) is 6.04 Å². The van der Waals surface area contributed by atoms with Crippen LogP contribution in [0, 0.1) is 17.8 Å². The number of hydrogen-bond acceptors (Lipinski definition) is 1. The standard InChI is InChI=1S/C9H19N.ClH/c1-6-4-7(2)9(10)8(3)5-6;/h6-9H,4-5,10H2,1-3H3;1H/t6?,7-,8+,9?;. The van der Waals surface area contributed by atoms with Gasteiger partial charge in [0.1, 0.15) is 0 Å². The maximum atomic E-state index is 5.98. The van der Waals surface area contributed by atoms with Crippen LogP contribution in [0.2, 0.25) is 0 Å². The van der Waals surface area contributed by atoms with E-state index in [9.17, 15) is 0 Å². The summed E-state index contributed by atoms with van der Waals surface area (Å²) in [6.07, 6.45) is 2.65. The van der Waals surface area contributed by atoms with Crippen molar-refractivity contribution in [3.8, 4) is 0 Å². The number of hydrogen-bond donors (Lipinski definition) is 1. The van der Waals surface area contributed by atoms with Gasteiger partial charge in [0.2, 0.25) is 0 Å². The molecule has 0 aromatic carbocycles. The fraction of sp³-hybridized carbons (Fsp3) is 1.00. The molecule has 0 aliphatic heterocycles. The lowest BCUT2D eigenvalue weighted by Gasteiger charge is -2.35. The van der Waals surface area contributed by atoms with Crippen LogP contribution in [0.5, 0.6) is 0 Å². The second kappa shape index (κ2) is 4.32. The summed E-state index contributed by atoms with van der Waals surface area (Å²) >= 11 is 0. The molecule has 0 heterocycles. The van der Waals surface area contributed by atoms with Gasteiger partial charge in [-0.1, -0.05) is 20.8 Å². The molecule has 0 saturated heterocycles. The second-order valence-corrected chi connectivity index (χ2v) is 4.11. The highest BCUT2D eigenvalue weighted by Crippen LogP contribution is 2.31. The smallest absolute Gasteiger partial charge is 0.00905 e. The van der Waals surface area contributed by atoms with Gasteiger partial charge in [-0.2, -0.15) is 0 Å². The summed E-state index contributed by atoms with van der Waals surface area (Å²) in [5.74, 6) is 2.36. The van der Waals surface area contributed by atoms with Gasteiger partial charge in [0, 0.05) is 6.04 Å². The van der Waals surface area contributed by atoms with Crippen LogP contribution < -0.4 is 5.73 Å². The molecule has 11 heavy (non-hydrogen) atoms. The first-order valence-electron chi connectivity index (χ1n) is 4.37. The number of halogens is 1. The first-order valence-corrected chi connectivity index (χ1v) is 4.37. The van der Waals surface area contributed by atoms with E-state index in [1.165, 1.54) is 12.8 Å². The van der Waals surface area contributed by atoms with E-state index in [0.717, 1.165) is 17.8 Å². The van der Waals surface area contributed by atoms with Crippen molar-refractivity contribution in [1.82, 2.24) is 0 Å². The SMILES string of the molecule is CC1C[C@@H](C)C(N)[C@@H](C)C1.Cl. The number of nitrogens with two attached hydrogens (primary N) is 1. The summed E-state index contributed by atoms with van der Waals surface area (Å²) in [5, 5.41) is 0. The predicted octanol–water partition coefficient (Wildman–Crippen LogP) is 2.44. The molecule has 0 radical (unpaired) electrons. The zero-order valence-electron chi connectivity index (χ0n) is 7.71. The monoisotopic (exact) mass is 177 g/mol. The number of rotatable bonds is 0. The van der Waals surface area contributed by atoms with E-state index in [-0.39, 0.29) is 12.4 Å². The van der Waals surface area contributed by atoms with Gasteiger partial charge < -0.3 is 5.73 Å². The van der Waals surface area contributed by atoms with Gasteiger partial charge in [0.15, 0.2) is 0 Å². The minimum absolute atomic E-state index is 0. The van der Waals surface area contributed by atoms with E-state index in [1.54, 1.807) is 0 Å². The van der Waals surface area contributed by atoms with Gasteiger partial charge >= 0.3 is 0 Å². The quantitative estimate of drug-likeness (QED) is 0.605. The Morgan fingerprint density at radius 3 is 1.73 bits per heavy atom. The van der Waals surface area contributed by atoms with Crippen LogP contribution in [-0.4, -0.2) is 6.04 Å². The summed E-state index contributed by atoms with van der Waals surface area (Å²) in [7, 11) is 0. The fourth-order valence-corrected chi connectivity index (χ4v) is 2.24. The van der Waals surface area contributed by atoms with E-state index < -0.39 is 0 Å². The third-order valence-corrected chi connectivity index (χ3v) is 2.86. The molecule has 2 N–H and O–H groups in total. The molecule has 0 spiro atoms. The fourth-order valence-electron chi connectivity index (χ4n) is 2.24. The largest absolute Gasteiger partial charge is 0.327 e. The minimum atomic E-state index is 0. The molecule has 2 unspecified atom stereocenters. The van der Waals surface area contributed by atoms with Crippen LogP contribution in [0.3, 0.4) is 0 Å². The van der Waals surface area contributed by atoms with Crippen molar-refractivity contribution in [2.45, 2.75) is 39.7 Å². The van der Waals surface area contributed by atoms with Crippen molar-refractivity contribution in [2.75, 3.05) is 0 Å². The topological polar surface area (TPSA) is 26.0 Å². The molecule has 1 aliphatic rings. The average Bonchev–Trinajstić information content (AvgIpc) is 1.82. The first-order chi connectivity index (χ1) is 4.61. The van der Waals surface area contributed by atoms with E-state index in [1.807, 2.05) is 0 Å². The molecule has 1 fully saturated rings. The van der Waals surface area contributed by atoms with Crippen LogP contribution in [0.25, 0.3) is 0 Å². The van der Waals surface area contributed by atoms with Gasteiger partial charge in [0.25, 0.3) is 0 Å². The Bertz CT molecular complexity index is 104. The Hall–Kier alpha value is 0.250. The van der Waals surface area contributed by atoms with Crippen molar-refractivity contribution in [2.24, 2.45) is 23.5 Å². The van der Waals surface area contributed by atoms with Crippen molar-refractivity contribution >= 4 is 12.4 Å². The van der Waals surface area contributed by atoms with Crippen LogP contribution in [-0.2, 0) is 0 Å². The van der Waals surface area contributed by atoms with Crippen LogP contribution in [0.1, 0.15) is 33.6 Å². The minimum Gasteiger partial charge on any atom is -0.327 e. The lowest BCUT2D eigenvalue weighted by molar-refractivity contribution is 0.195.